The smallest absolute Gasteiger partial charge is 0.234 e. The highest BCUT2D eigenvalue weighted by Crippen LogP contribution is 2.43. The van der Waals surface area contributed by atoms with Crippen molar-refractivity contribution in [2.24, 2.45) is 5.92 Å². The van der Waals surface area contributed by atoms with E-state index in [1.54, 1.807) is 11.3 Å². The Balaban J connectivity index is 0.757. The van der Waals surface area contributed by atoms with Gasteiger partial charge in [-0.3, -0.25) is 24.7 Å². The first-order valence-electron chi connectivity index (χ1n) is 19.5. The molecule has 5 aliphatic rings. The summed E-state index contributed by atoms with van der Waals surface area (Å²) in [4.78, 5) is 38.0. The molecule has 0 spiro atoms. The van der Waals surface area contributed by atoms with Crippen LogP contribution in [0.2, 0.25) is 0 Å². The van der Waals surface area contributed by atoms with Gasteiger partial charge < -0.3 is 15.5 Å². The summed E-state index contributed by atoms with van der Waals surface area (Å²) in [5, 5.41) is 12.1. The summed E-state index contributed by atoms with van der Waals surface area (Å²) in [6.45, 7) is 15.1. The molecule has 3 saturated heterocycles. The number of benzene rings is 2. The van der Waals surface area contributed by atoms with Crippen LogP contribution in [0, 0.1) is 5.92 Å². The van der Waals surface area contributed by atoms with E-state index in [1.807, 2.05) is 0 Å². The normalized spacial score (nSPS) is 24.8. The maximum atomic E-state index is 12.3. The minimum absolute atomic E-state index is 0.165. The number of allylic oxidation sites excluding steroid dienone is 2. The van der Waals surface area contributed by atoms with Crippen LogP contribution in [-0.4, -0.2) is 91.0 Å². The monoisotopic (exact) mass is 727 g/mol. The van der Waals surface area contributed by atoms with Gasteiger partial charge in [0, 0.05) is 84.6 Å². The number of pyridine rings is 1. The Bertz CT molecular complexity index is 2120. The Kier molecular flexibility index (Phi) is 9.30. The van der Waals surface area contributed by atoms with E-state index in [1.165, 1.54) is 56.7 Å². The molecule has 6 heterocycles. The summed E-state index contributed by atoms with van der Waals surface area (Å²) in [6.07, 6.45) is 11.6. The zero-order chi connectivity index (χ0) is 36.1. The molecule has 2 amide bonds. The second-order valence-corrected chi connectivity index (χ2v) is 16.6. The number of amides is 2. The van der Waals surface area contributed by atoms with Gasteiger partial charge in [-0.1, -0.05) is 36.9 Å². The number of anilines is 2. The number of piperidine rings is 2. The second kappa shape index (κ2) is 14.4. The van der Waals surface area contributed by atoms with Crippen molar-refractivity contribution in [2.45, 2.75) is 57.0 Å². The number of fused-ring (bicyclic) bond motifs is 5. The Morgan fingerprint density at radius 1 is 0.943 bits per heavy atom. The summed E-state index contributed by atoms with van der Waals surface area (Å²) in [5.74, 6) is 0.193. The number of aromatic nitrogens is 1. The Morgan fingerprint density at radius 3 is 2.51 bits per heavy atom. The molecule has 4 aromatic rings. The lowest BCUT2D eigenvalue weighted by atomic mass is 9.90. The summed E-state index contributed by atoms with van der Waals surface area (Å²) in [6, 6.07) is 18.0. The van der Waals surface area contributed by atoms with Crippen LogP contribution in [0.5, 0.6) is 0 Å². The summed E-state index contributed by atoms with van der Waals surface area (Å²) in [7, 11) is 0. The average Bonchev–Trinajstić information content (AvgIpc) is 3.50. The lowest BCUT2D eigenvalue weighted by Gasteiger charge is -2.41. The fourth-order valence-corrected chi connectivity index (χ4v) is 10.2. The van der Waals surface area contributed by atoms with Crippen LogP contribution in [0.15, 0.2) is 73.3 Å². The van der Waals surface area contributed by atoms with Gasteiger partial charge in [0.25, 0.3) is 0 Å². The van der Waals surface area contributed by atoms with Crippen LogP contribution < -0.4 is 20.9 Å². The number of likely N-dealkylation sites (tertiary alicyclic amines) is 1. The predicted molar refractivity (Wildman–Crippen MR) is 217 cm³/mol. The van der Waals surface area contributed by atoms with Crippen LogP contribution >= 0.6 is 11.3 Å². The van der Waals surface area contributed by atoms with Crippen molar-refractivity contribution in [2.75, 3.05) is 62.6 Å². The molecule has 3 N–H and O–H groups in total. The summed E-state index contributed by atoms with van der Waals surface area (Å²) >= 11 is 1.80. The molecule has 2 aromatic heterocycles. The number of imide groups is 1. The molecular formula is C43H49N7O2S. The van der Waals surface area contributed by atoms with Crippen molar-refractivity contribution in [3.63, 3.8) is 0 Å². The van der Waals surface area contributed by atoms with Gasteiger partial charge in [0.05, 0.1) is 27.7 Å². The van der Waals surface area contributed by atoms with Crippen LogP contribution in [-0.2, 0) is 9.59 Å². The molecule has 10 heteroatoms. The number of thiophene rings is 1. The first-order valence-corrected chi connectivity index (χ1v) is 20.3. The van der Waals surface area contributed by atoms with E-state index in [2.05, 4.69) is 111 Å². The fraction of sp³-hybridized carbons (Fsp3) is 0.419. The van der Waals surface area contributed by atoms with Crippen molar-refractivity contribution >= 4 is 66.8 Å². The van der Waals surface area contributed by atoms with E-state index < -0.39 is 0 Å². The number of carbonyl (C=O) groups excluding carboxylic acids is 2. The van der Waals surface area contributed by atoms with E-state index in [9.17, 15) is 9.59 Å². The standard InChI is InChI=1S/C43H49N7O2S/c1-27-25-44-41-40-35-11-13-36(46-37(35)14-15-38(40)53-42(41)28(2)45-27)31-5-9-32(10-6-31)49-19-17-29(18-20-49)26-48-21-23-50(24-22-48)33-7-3-30(4-8-33)34-12-16-39(51)47-43(34)52/h3-9,11,13-15,27,29,32,34,44-45H,2,10,12,16-26H2,1H3,(H,47,51,52)/t27-,32?,34?/m1/s1. The van der Waals surface area contributed by atoms with E-state index in [4.69, 9.17) is 4.98 Å². The number of carbonyl (C=O) groups is 2. The van der Waals surface area contributed by atoms with E-state index >= 15 is 0 Å². The Morgan fingerprint density at radius 2 is 1.75 bits per heavy atom. The van der Waals surface area contributed by atoms with Gasteiger partial charge in [0.2, 0.25) is 11.8 Å². The number of piperazine rings is 1. The third-order valence-electron chi connectivity index (χ3n) is 12.1. The lowest BCUT2D eigenvalue weighted by Crippen LogP contribution is -2.49. The van der Waals surface area contributed by atoms with Gasteiger partial charge >= 0.3 is 0 Å². The van der Waals surface area contributed by atoms with Crippen molar-refractivity contribution in [1.82, 2.24) is 25.4 Å². The minimum atomic E-state index is -0.225. The number of hydrogen-bond acceptors (Lipinski definition) is 9. The average molecular weight is 728 g/mol. The SMILES string of the molecule is C=C1N[C@H](C)CNc2c1sc1ccc3nc(C4=CCC(N5CCC(CN6CCN(c7ccc(C8CCC(=O)NC8=O)cc7)CC6)CC5)C=C4)ccc3c21. The largest absolute Gasteiger partial charge is 0.381 e. The zero-order valence-corrected chi connectivity index (χ0v) is 31.4. The molecule has 9 nitrogen and oxygen atoms in total. The molecule has 4 aliphatic heterocycles. The van der Waals surface area contributed by atoms with Gasteiger partial charge in [-0.2, -0.15) is 0 Å². The number of rotatable bonds is 6. The molecular weight excluding hydrogens is 679 g/mol. The molecule has 0 bridgehead atoms. The Hall–Kier alpha value is -4.51. The molecule has 0 saturated carbocycles. The van der Waals surface area contributed by atoms with Crippen LogP contribution in [0.25, 0.3) is 32.3 Å². The van der Waals surface area contributed by atoms with Crippen molar-refractivity contribution in [3.8, 4) is 0 Å². The lowest BCUT2D eigenvalue weighted by molar-refractivity contribution is -0.134. The highest BCUT2D eigenvalue weighted by atomic mass is 32.1. The topological polar surface area (TPSA) is 92.8 Å². The van der Waals surface area contributed by atoms with Crippen LogP contribution in [0.3, 0.4) is 0 Å². The maximum absolute atomic E-state index is 12.3. The van der Waals surface area contributed by atoms with Gasteiger partial charge in [-0.25, -0.2) is 4.98 Å². The summed E-state index contributed by atoms with van der Waals surface area (Å²) < 4.78 is 1.26. The molecule has 2 unspecified atom stereocenters. The van der Waals surface area contributed by atoms with Crippen molar-refractivity contribution < 1.29 is 9.59 Å². The van der Waals surface area contributed by atoms with E-state index in [0.29, 0.717) is 24.9 Å². The molecule has 2 aromatic carbocycles. The van der Waals surface area contributed by atoms with E-state index in [0.717, 1.165) is 80.6 Å². The van der Waals surface area contributed by atoms with E-state index in [-0.39, 0.29) is 17.7 Å². The Labute approximate surface area is 315 Å². The third-order valence-corrected chi connectivity index (χ3v) is 13.3. The summed E-state index contributed by atoms with van der Waals surface area (Å²) in [5.41, 5.74) is 7.70. The second-order valence-electron chi connectivity index (χ2n) is 15.6. The molecule has 1 aliphatic carbocycles. The number of nitrogens with zero attached hydrogens (tertiary/aromatic N) is 4. The molecule has 0 radical (unpaired) electrons. The predicted octanol–water partition coefficient (Wildman–Crippen LogP) is 6.59. The van der Waals surface area contributed by atoms with Gasteiger partial charge in [-0.15, -0.1) is 11.3 Å². The van der Waals surface area contributed by atoms with Crippen molar-refractivity contribution in [3.05, 3.63) is 89.5 Å². The van der Waals surface area contributed by atoms with Gasteiger partial charge in [0.1, 0.15) is 0 Å². The molecule has 274 valence electrons. The number of hydrogen-bond donors (Lipinski definition) is 3. The van der Waals surface area contributed by atoms with Gasteiger partial charge in [-0.05, 0) is 99.1 Å². The minimum Gasteiger partial charge on any atom is -0.381 e. The molecule has 3 atom stereocenters. The first-order chi connectivity index (χ1) is 25.9. The fourth-order valence-electron chi connectivity index (χ4n) is 9.03. The first kappa shape index (κ1) is 34.3. The third kappa shape index (κ3) is 6.88. The maximum Gasteiger partial charge on any atom is 0.234 e. The van der Waals surface area contributed by atoms with Crippen LogP contribution in [0.1, 0.15) is 61.1 Å². The number of nitrogens with one attached hydrogen (secondary N) is 3. The molecule has 9 rings (SSSR count). The quantitative estimate of drug-likeness (QED) is 0.192. The van der Waals surface area contributed by atoms with Gasteiger partial charge in [0.15, 0.2) is 0 Å². The molecule has 53 heavy (non-hydrogen) atoms. The highest BCUT2D eigenvalue weighted by molar-refractivity contribution is 7.21. The van der Waals surface area contributed by atoms with Crippen LogP contribution in [0.4, 0.5) is 11.4 Å². The molecule has 3 fully saturated rings. The van der Waals surface area contributed by atoms with Crippen molar-refractivity contribution in [1.29, 1.82) is 0 Å². The highest BCUT2D eigenvalue weighted by Gasteiger charge is 2.30. The zero-order valence-electron chi connectivity index (χ0n) is 30.6.